The van der Waals surface area contributed by atoms with Crippen molar-refractivity contribution in [3.63, 3.8) is 0 Å². The smallest absolute Gasteiger partial charge is 0.340 e. The number of carbonyl (C=O) groups is 4. The first-order chi connectivity index (χ1) is 29.6. The first kappa shape index (κ1) is 42.7. The Morgan fingerprint density at radius 3 is 2.59 bits per heavy atom. The Balaban J connectivity index is 1.23. The topological polar surface area (TPSA) is 167 Å². The summed E-state index contributed by atoms with van der Waals surface area (Å²) in [5, 5.41) is 30.7. The van der Waals surface area contributed by atoms with Crippen LogP contribution >= 0.6 is 21.6 Å². The Hall–Kier alpha value is -3.56. The zero-order chi connectivity index (χ0) is 42.5. The van der Waals surface area contributed by atoms with E-state index in [4.69, 9.17) is 9.47 Å². The number of nitrogens with one attached hydrogen (secondary N) is 3. The van der Waals surface area contributed by atoms with Gasteiger partial charge in [-0.15, -0.1) is 0 Å². The summed E-state index contributed by atoms with van der Waals surface area (Å²) in [6.45, 7) is 5.11. The monoisotopic (exact) mass is 872 g/mol. The summed E-state index contributed by atoms with van der Waals surface area (Å²) >= 11 is 0. The quantitative estimate of drug-likeness (QED) is 0.0692. The number of aliphatic hydroxyl groups is 2. The molecule has 2 amide bonds. The van der Waals surface area contributed by atoms with Gasteiger partial charge in [0.15, 0.2) is 0 Å². The van der Waals surface area contributed by atoms with E-state index in [-0.39, 0.29) is 65.4 Å². The van der Waals surface area contributed by atoms with Crippen molar-refractivity contribution in [2.45, 2.75) is 109 Å². The number of hydrogen-bond donors (Lipinski definition) is 5. The number of aliphatic hydroxyl groups excluding tert-OH is 2. The average Bonchev–Trinajstić information content (AvgIpc) is 4.02. The fourth-order valence-electron chi connectivity index (χ4n) is 12.4. The molecular weight excluding hydrogens is 813 g/mol. The lowest BCUT2D eigenvalue weighted by Crippen LogP contribution is -2.54. The van der Waals surface area contributed by atoms with Crippen molar-refractivity contribution in [1.82, 2.24) is 20.9 Å². The van der Waals surface area contributed by atoms with E-state index in [9.17, 15) is 29.4 Å². The van der Waals surface area contributed by atoms with Crippen molar-refractivity contribution in [2.75, 3.05) is 32.1 Å². The second-order valence-corrected chi connectivity index (χ2v) is 21.1. The summed E-state index contributed by atoms with van der Waals surface area (Å²) in [6, 6.07) is 0. The minimum absolute atomic E-state index is 0.00353. The van der Waals surface area contributed by atoms with Crippen LogP contribution in [0.15, 0.2) is 81.7 Å². The van der Waals surface area contributed by atoms with Gasteiger partial charge in [-0.2, -0.15) is 0 Å². The predicted octanol–water partition coefficient (Wildman–Crippen LogP) is 6.19. The number of unbranched alkanes of at least 4 members (excludes halogenated alkanes) is 1. The molecule has 0 aromatic rings. The summed E-state index contributed by atoms with van der Waals surface area (Å²) in [7, 11) is 3.38. The van der Waals surface area contributed by atoms with Crippen molar-refractivity contribution < 1.29 is 38.9 Å². The maximum Gasteiger partial charge on any atom is 0.340 e. The van der Waals surface area contributed by atoms with Gasteiger partial charge in [0.2, 0.25) is 0 Å². The number of imide groups is 1. The molecule has 5 aliphatic carbocycles. The second kappa shape index (κ2) is 17.5. The Morgan fingerprint density at radius 2 is 1.84 bits per heavy atom. The van der Waals surface area contributed by atoms with Crippen LogP contribution in [-0.2, 0) is 28.7 Å². The van der Waals surface area contributed by atoms with Crippen LogP contribution in [0.5, 0.6) is 0 Å². The highest BCUT2D eigenvalue weighted by molar-refractivity contribution is 8.76. The third-order valence-electron chi connectivity index (χ3n) is 15.2. The molecule has 12 nitrogen and oxygen atoms in total. The SMILES string of the molecule is CCC1(C=C2OC(=O)C3=C2CCC2C4CCC5(C6=CCC(CCCCO)C(NCC(C)O)SSCNC7=CC(=CCN7)C(CN7C(=O)C=CC7=O)C4=C5C(=O)O6)C32)CCCC1. The van der Waals surface area contributed by atoms with Gasteiger partial charge in [0, 0.05) is 61.4 Å². The van der Waals surface area contributed by atoms with Crippen LogP contribution in [0.25, 0.3) is 0 Å². The normalized spacial score (nSPS) is 34.1. The summed E-state index contributed by atoms with van der Waals surface area (Å²) in [5.41, 5.74) is 3.21. The maximum absolute atomic E-state index is 15.0. The van der Waals surface area contributed by atoms with E-state index in [1.54, 1.807) is 28.5 Å². The van der Waals surface area contributed by atoms with E-state index >= 15 is 0 Å². The van der Waals surface area contributed by atoms with Crippen LogP contribution in [0, 0.1) is 40.4 Å². The summed E-state index contributed by atoms with van der Waals surface area (Å²) in [6.07, 6.45) is 21.9. The number of hydrogen-bond acceptors (Lipinski definition) is 13. The number of carbonyl (C=O) groups excluding carboxylic acids is 4. The first-order valence-corrected chi connectivity index (χ1v) is 25.0. The van der Waals surface area contributed by atoms with E-state index in [2.05, 4.69) is 47.2 Å². The van der Waals surface area contributed by atoms with E-state index in [0.29, 0.717) is 67.3 Å². The lowest BCUT2D eigenvalue weighted by molar-refractivity contribution is -0.138. The number of esters is 2. The second-order valence-electron chi connectivity index (χ2n) is 18.5. The van der Waals surface area contributed by atoms with Gasteiger partial charge in [-0.3, -0.25) is 14.5 Å². The van der Waals surface area contributed by atoms with Crippen molar-refractivity contribution in [3.05, 3.63) is 81.7 Å². The fourth-order valence-corrected chi connectivity index (χ4v) is 14.8. The van der Waals surface area contributed by atoms with Gasteiger partial charge in [0.1, 0.15) is 11.5 Å². The zero-order valence-electron chi connectivity index (χ0n) is 35.3. The van der Waals surface area contributed by atoms with Gasteiger partial charge >= 0.3 is 11.9 Å². The highest BCUT2D eigenvalue weighted by atomic mass is 33.1. The van der Waals surface area contributed by atoms with E-state index < -0.39 is 23.4 Å². The van der Waals surface area contributed by atoms with E-state index in [0.717, 1.165) is 80.3 Å². The predicted molar refractivity (Wildman–Crippen MR) is 234 cm³/mol. The van der Waals surface area contributed by atoms with Gasteiger partial charge in [-0.05, 0) is 124 Å². The zero-order valence-corrected chi connectivity index (χ0v) is 37.0. The molecule has 61 heavy (non-hydrogen) atoms. The molecule has 10 aliphatic rings. The van der Waals surface area contributed by atoms with Gasteiger partial charge in [0.05, 0.1) is 34.2 Å². The Labute approximate surface area is 366 Å². The lowest BCUT2D eigenvalue weighted by atomic mass is 9.43. The highest BCUT2D eigenvalue weighted by Crippen LogP contribution is 2.71. The molecular formula is C47H60N4O8S2. The van der Waals surface area contributed by atoms with Crippen molar-refractivity contribution in [2.24, 2.45) is 40.4 Å². The minimum atomic E-state index is -0.942. The van der Waals surface area contributed by atoms with Crippen LogP contribution in [0.1, 0.15) is 97.3 Å². The average molecular weight is 873 g/mol. The van der Waals surface area contributed by atoms with Gasteiger partial charge in [-0.25, -0.2) is 9.59 Å². The summed E-state index contributed by atoms with van der Waals surface area (Å²) < 4.78 is 12.9. The largest absolute Gasteiger partial charge is 0.427 e. The highest BCUT2D eigenvalue weighted by Gasteiger charge is 2.69. The molecule has 8 atom stereocenters. The number of ether oxygens (including phenoxy) is 2. The maximum atomic E-state index is 15.0. The number of fused-ring (bicyclic) bond motifs is 2. The molecule has 0 aromatic heterocycles. The van der Waals surface area contributed by atoms with Crippen LogP contribution < -0.4 is 16.0 Å². The molecule has 8 unspecified atom stereocenters. The Morgan fingerprint density at radius 1 is 1.03 bits per heavy atom. The van der Waals surface area contributed by atoms with Crippen LogP contribution in [0.2, 0.25) is 0 Å². The number of rotatable bonds is 11. The summed E-state index contributed by atoms with van der Waals surface area (Å²) in [5.74, 6) is 0.417. The summed E-state index contributed by atoms with van der Waals surface area (Å²) in [4.78, 5) is 57.4. The first-order valence-electron chi connectivity index (χ1n) is 22.7. The van der Waals surface area contributed by atoms with Crippen molar-refractivity contribution >= 4 is 45.3 Å². The molecule has 328 valence electrons. The molecule has 5 heterocycles. The molecule has 3 fully saturated rings. The van der Waals surface area contributed by atoms with E-state index in [1.165, 1.54) is 17.1 Å². The Bertz CT molecular complexity index is 2040. The van der Waals surface area contributed by atoms with Crippen molar-refractivity contribution in [1.29, 1.82) is 0 Å². The van der Waals surface area contributed by atoms with Gasteiger partial charge < -0.3 is 35.6 Å². The third kappa shape index (κ3) is 7.69. The number of nitrogens with zero attached hydrogens (tertiary/aromatic N) is 1. The molecule has 1 saturated heterocycles. The van der Waals surface area contributed by atoms with Gasteiger partial charge in [0.25, 0.3) is 11.8 Å². The fraction of sp³-hybridized carbons (Fsp3) is 0.617. The molecule has 1 spiro atoms. The standard InChI is InChI=1S/C47H60N4O8S2/c1-3-46(17-5-6-18-46)23-34-32-11-10-31-30-15-19-47(41(31)40(32)44(56)58-34)35-12-9-28(8-4-7-21-52)43(49-24-27(2)53)61-60-26-50-36-22-29(16-20-48-36)33(39(30)42(47)45(57)59-35)25-51-37(54)13-14-38(51)55/h12-14,16,22-23,27-28,30-31,33,41,43,48-50,52-53H,3-11,15,17-21,24-26H2,1-2H3. The van der Waals surface area contributed by atoms with Crippen LogP contribution in [0.4, 0.5) is 0 Å². The molecule has 0 radical (unpaired) electrons. The van der Waals surface area contributed by atoms with Gasteiger partial charge in [-0.1, -0.05) is 53.9 Å². The van der Waals surface area contributed by atoms with Crippen LogP contribution in [0.3, 0.4) is 0 Å². The molecule has 0 aromatic carbocycles. The molecule has 7 bridgehead atoms. The lowest BCUT2D eigenvalue weighted by Gasteiger charge is -2.57. The molecule has 10 rings (SSSR count). The Kier molecular flexibility index (Phi) is 12.3. The molecule has 14 heteroatoms. The number of amides is 2. The van der Waals surface area contributed by atoms with Crippen LogP contribution in [-0.4, -0.2) is 82.5 Å². The number of dihydropyridines is 1. The third-order valence-corrected chi connectivity index (χ3v) is 17.8. The minimum Gasteiger partial charge on any atom is -0.427 e. The molecule has 5 aliphatic heterocycles. The number of allylic oxidation sites excluding steroid dienone is 5. The molecule has 5 N–H and O–H groups in total. The van der Waals surface area contributed by atoms with E-state index in [1.807, 2.05) is 0 Å². The molecule has 2 saturated carbocycles. The number of cyclic esters (lactones) is 1. The van der Waals surface area contributed by atoms with Crippen molar-refractivity contribution in [3.8, 4) is 0 Å².